The Balaban J connectivity index is 2.71. The van der Waals surface area contributed by atoms with E-state index in [2.05, 4.69) is 4.98 Å². The molecule has 1 unspecified atom stereocenters. The van der Waals surface area contributed by atoms with Gasteiger partial charge < -0.3 is 4.89 Å². The standard InChI is InChI=1S/C10H16N3O4P/c1-18(16,17)8-13(7-10(14)12-15)6-9-4-2-3-5-11-9/h2-5,15H,6-8H2,1H3,(H,12,14)(H,16,17). The van der Waals surface area contributed by atoms with Gasteiger partial charge in [0.1, 0.15) is 0 Å². The molecule has 0 saturated heterocycles. The predicted molar refractivity (Wildman–Crippen MR) is 65.2 cm³/mol. The Labute approximate surface area is 105 Å². The van der Waals surface area contributed by atoms with E-state index in [9.17, 15) is 14.3 Å². The molecule has 1 heterocycles. The Morgan fingerprint density at radius 1 is 1.56 bits per heavy atom. The van der Waals surface area contributed by atoms with Crippen molar-refractivity contribution in [3.63, 3.8) is 0 Å². The summed E-state index contributed by atoms with van der Waals surface area (Å²) in [7, 11) is -3.29. The maximum absolute atomic E-state index is 11.4. The van der Waals surface area contributed by atoms with Crippen LogP contribution in [-0.2, 0) is 15.9 Å². The van der Waals surface area contributed by atoms with E-state index in [1.54, 1.807) is 24.4 Å². The third-order valence-corrected chi connectivity index (χ3v) is 2.99. The quantitative estimate of drug-likeness (QED) is 0.390. The lowest BCUT2D eigenvalue weighted by atomic mass is 10.3. The van der Waals surface area contributed by atoms with Gasteiger partial charge >= 0.3 is 0 Å². The molecular formula is C10H16N3O4P. The van der Waals surface area contributed by atoms with Crippen LogP contribution in [0.3, 0.4) is 0 Å². The summed E-state index contributed by atoms with van der Waals surface area (Å²) in [6, 6.07) is 5.30. The van der Waals surface area contributed by atoms with Crippen LogP contribution in [0.1, 0.15) is 5.69 Å². The Kier molecular flexibility index (Phi) is 5.43. The van der Waals surface area contributed by atoms with Crippen LogP contribution in [0.2, 0.25) is 0 Å². The summed E-state index contributed by atoms with van der Waals surface area (Å²) in [4.78, 5) is 26.0. The molecule has 3 N–H and O–H groups in total. The van der Waals surface area contributed by atoms with Crippen molar-refractivity contribution in [2.45, 2.75) is 6.54 Å². The van der Waals surface area contributed by atoms with Crippen molar-refractivity contribution in [3.05, 3.63) is 30.1 Å². The van der Waals surface area contributed by atoms with Crippen molar-refractivity contribution in [1.82, 2.24) is 15.4 Å². The van der Waals surface area contributed by atoms with Crippen LogP contribution in [0.5, 0.6) is 0 Å². The summed E-state index contributed by atoms with van der Waals surface area (Å²) in [5.41, 5.74) is 2.17. The number of hydroxylamine groups is 1. The number of hydrogen-bond donors (Lipinski definition) is 3. The van der Waals surface area contributed by atoms with Crippen molar-refractivity contribution < 1.29 is 19.5 Å². The Bertz CT molecular complexity index is 434. The molecule has 18 heavy (non-hydrogen) atoms. The SMILES string of the molecule is CP(=O)(O)CN(CC(=O)NO)Cc1ccccn1. The zero-order chi connectivity index (χ0) is 13.6. The van der Waals surface area contributed by atoms with Crippen LogP contribution in [0, 0.1) is 0 Å². The fourth-order valence-electron chi connectivity index (χ4n) is 1.49. The summed E-state index contributed by atoms with van der Waals surface area (Å²) in [6.07, 6.45) is 1.46. The first-order chi connectivity index (χ1) is 8.40. The van der Waals surface area contributed by atoms with Crippen LogP contribution < -0.4 is 5.48 Å². The molecule has 1 atom stereocenters. The number of carbonyl (C=O) groups is 1. The highest BCUT2D eigenvalue weighted by Gasteiger charge is 2.19. The van der Waals surface area contributed by atoms with E-state index >= 15 is 0 Å². The summed E-state index contributed by atoms with van der Waals surface area (Å²) >= 11 is 0. The van der Waals surface area contributed by atoms with Crippen molar-refractivity contribution in [2.75, 3.05) is 19.5 Å². The highest BCUT2D eigenvalue weighted by Crippen LogP contribution is 2.36. The fourth-order valence-corrected chi connectivity index (χ4v) is 2.43. The van der Waals surface area contributed by atoms with Crippen molar-refractivity contribution >= 4 is 13.3 Å². The molecule has 1 rings (SSSR count). The molecule has 0 aliphatic heterocycles. The summed E-state index contributed by atoms with van der Waals surface area (Å²) in [5.74, 6) is -0.639. The minimum atomic E-state index is -3.29. The summed E-state index contributed by atoms with van der Waals surface area (Å²) in [6.45, 7) is 1.30. The average molecular weight is 273 g/mol. The number of hydrogen-bond acceptors (Lipinski definition) is 5. The second-order valence-corrected chi connectivity index (χ2v) is 6.42. The van der Waals surface area contributed by atoms with E-state index in [-0.39, 0.29) is 19.4 Å². The van der Waals surface area contributed by atoms with Crippen LogP contribution in [-0.4, -0.2) is 45.4 Å². The van der Waals surface area contributed by atoms with E-state index in [1.165, 1.54) is 17.0 Å². The van der Waals surface area contributed by atoms with E-state index in [1.807, 2.05) is 0 Å². The van der Waals surface area contributed by atoms with Gasteiger partial charge in [-0.2, -0.15) is 0 Å². The zero-order valence-corrected chi connectivity index (χ0v) is 10.9. The van der Waals surface area contributed by atoms with E-state index in [0.717, 1.165) is 0 Å². The molecule has 0 bridgehead atoms. The molecule has 0 aromatic carbocycles. The molecule has 7 nitrogen and oxygen atoms in total. The summed E-state index contributed by atoms with van der Waals surface area (Å²) in [5, 5.41) is 8.47. The zero-order valence-electron chi connectivity index (χ0n) is 9.98. The highest BCUT2D eigenvalue weighted by atomic mass is 31.2. The normalized spacial score (nSPS) is 14.2. The van der Waals surface area contributed by atoms with E-state index < -0.39 is 13.3 Å². The number of amides is 1. The van der Waals surface area contributed by atoms with Crippen LogP contribution in [0.25, 0.3) is 0 Å². The molecule has 0 aliphatic rings. The third kappa shape index (κ3) is 5.88. The first-order valence-electron chi connectivity index (χ1n) is 5.25. The number of pyridine rings is 1. The number of nitrogens with zero attached hydrogens (tertiary/aromatic N) is 2. The monoisotopic (exact) mass is 273 g/mol. The number of nitrogens with one attached hydrogen (secondary N) is 1. The molecule has 1 aromatic heterocycles. The lowest BCUT2D eigenvalue weighted by Gasteiger charge is -2.21. The fraction of sp³-hybridized carbons (Fsp3) is 0.400. The van der Waals surface area contributed by atoms with Gasteiger partial charge in [0, 0.05) is 19.4 Å². The molecule has 0 spiro atoms. The van der Waals surface area contributed by atoms with Gasteiger partial charge in [-0.1, -0.05) is 6.07 Å². The van der Waals surface area contributed by atoms with Crippen molar-refractivity contribution in [1.29, 1.82) is 0 Å². The third-order valence-electron chi connectivity index (χ3n) is 2.07. The molecule has 0 saturated carbocycles. The molecular weight excluding hydrogens is 257 g/mol. The van der Waals surface area contributed by atoms with Crippen molar-refractivity contribution in [3.8, 4) is 0 Å². The molecule has 100 valence electrons. The van der Waals surface area contributed by atoms with E-state index in [0.29, 0.717) is 5.69 Å². The Hall–Kier alpha value is -1.27. The first kappa shape index (κ1) is 14.8. The number of rotatable bonds is 6. The maximum atomic E-state index is 11.4. The second-order valence-electron chi connectivity index (χ2n) is 4.04. The summed E-state index contributed by atoms with van der Waals surface area (Å²) < 4.78 is 11.4. The van der Waals surface area contributed by atoms with Gasteiger partial charge in [0.15, 0.2) is 0 Å². The minimum absolute atomic E-state index is 0.142. The van der Waals surface area contributed by atoms with Crippen LogP contribution >= 0.6 is 7.37 Å². The van der Waals surface area contributed by atoms with Gasteiger partial charge in [-0.15, -0.1) is 0 Å². The van der Waals surface area contributed by atoms with Gasteiger partial charge in [0.05, 0.1) is 18.5 Å². The highest BCUT2D eigenvalue weighted by molar-refractivity contribution is 7.57. The lowest BCUT2D eigenvalue weighted by molar-refractivity contribution is -0.130. The molecule has 0 radical (unpaired) electrons. The smallest absolute Gasteiger partial charge is 0.257 e. The van der Waals surface area contributed by atoms with Gasteiger partial charge in [-0.25, -0.2) is 5.48 Å². The predicted octanol–water partition coefficient (Wildman–Crippen LogP) is 0.247. The largest absolute Gasteiger partial charge is 0.344 e. The maximum Gasteiger partial charge on any atom is 0.257 e. The van der Waals surface area contributed by atoms with E-state index in [4.69, 9.17) is 5.21 Å². The molecule has 1 amide bonds. The Morgan fingerprint density at radius 3 is 2.78 bits per heavy atom. The van der Waals surface area contributed by atoms with Gasteiger partial charge in [-0.3, -0.25) is 24.5 Å². The second kappa shape index (κ2) is 6.61. The van der Waals surface area contributed by atoms with Gasteiger partial charge in [-0.05, 0) is 12.1 Å². The molecule has 0 aliphatic carbocycles. The number of aromatic nitrogens is 1. The minimum Gasteiger partial charge on any atom is -0.344 e. The Morgan fingerprint density at radius 2 is 2.28 bits per heavy atom. The number of carbonyl (C=O) groups excluding carboxylic acids is 1. The van der Waals surface area contributed by atoms with Gasteiger partial charge in [0.2, 0.25) is 7.37 Å². The van der Waals surface area contributed by atoms with Crippen molar-refractivity contribution in [2.24, 2.45) is 0 Å². The molecule has 8 heteroatoms. The average Bonchev–Trinajstić information content (AvgIpc) is 2.27. The first-order valence-corrected chi connectivity index (χ1v) is 7.54. The van der Waals surface area contributed by atoms with Crippen LogP contribution in [0.4, 0.5) is 0 Å². The van der Waals surface area contributed by atoms with Crippen LogP contribution in [0.15, 0.2) is 24.4 Å². The molecule has 1 aromatic rings. The topological polar surface area (TPSA) is 103 Å². The molecule has 0 fully saturated rings. The van der Waals surface area contributed by atoms with Gasteiger partial charge in [0.25, 0.3) is 5.91 Å². The lowest BCUT2D eigenvalue weighted by Crippen LogP contribution is -2.36.